The molecule has 0 radical (unpaired) electrons. The average molecular weight is 349 g/mol. The summed E-state index contributed by atoms with van der Waals surface area (Å²) in [4.78, 5) is 11.5. The van der Waals surface area contributed by atoms with Crippen molar-refractivity contribution < 1.29 is 9.90 Å². The van der Waals surface area contributed by atoms with Crippen molar-refractivity contribution in [3.63, 3.8) is 0 Å². The van der Waals surface area contributed by atoms with E-state index in [1.54, 1.807) is 7.05 Å². The molecule has 4 nitrogen and oxygen atoms in total. The number of rotatable bonds is 8. The summed E-state index contributed by atoms with van der Waals surface area (Å²) in [6.45, 7) is 1.40. The molecule has 24 heavy (non-hydrogen) atoms. The third-order valence-corrected chi connectivity index (χ3v) is 3.78. The van der Waals surface area contributed by atoms with Gasteiger partial charge in [0.2, 0.25) is 0 Å². The van der Waals surface area contributed by atoms with Gasteiger partial charge in [-0.25, -0.2) is 0 Å². The van der Waals surface area contributed by atoms with E-state index in [2.05, 4.69) is 10.6 Å². The molecule has 0 bridgehead atoms. The Morgan fingerprint density at radius 3 is 2.38 bits per heavy atom. The van der Waals surface area contributed by atoms with Crippen LogP contribution in [0.2, 0.25) is 0 Å². The van der Waals surface area contributed by atoms with Crippen LogP contribution in [-0.2, 0) is 6.42 Å². The van der Waals surface area contributed by atoms with Gasteiger partial charge in [0.05, 0.1) is 6.10 Å². The minimum atomic E-state index is -0.469. The lowest BCUT2D eigenvalue weighted by atomic mass is 10.1. The Hall–Kier alpha value is -1.88. The van der Waals surface area contributed by atoms with E-state index in [-0.39, 0.29) is 18.3 Å². The van der Waals surface area contributed by atoms with Gasteiger partial charge in [-0.1, -0.05) is 42.5 Å². The quantitative estimate of drug-likeness (QED) is 0.643. The molecule has 0 saturated carbocycles. The maximum Gasteiger partial charge on any atom is 0.251 e. The van der Waals surface area contributed by atoms with Gasteiger partial charge in [0.25, 0.3) is 5.91 Å². The van der Waals surface area contributed by atoms with Crippen molar-refractivity contribution in [1.29, 1.82) is 0 Å². The number of aliphatic hydroxyl groups excluding tert-OH is 1. The van der Waals surface area contributed by atoms with Gasteiger partial charge in [-0.05, 0) is 42.6 Å². The lowest BCUT2D eigenvalue weighted by molar-refractivity contribution is 0.0963. The Morgan fingerprint density at radius 1 is 1.08 bits per heavy atom. The van der Waals surface area contributed by atoms with Crippen molar-refractivity contribution in [1.82, 2.24) is 10.6 Å². The summed E-state index contributed by atoms with van der Waals surface area (Å²) in [5.74, 6) is -0.0619. The zero-order chi connectivity index (χ0) is 16.5. The molecule has 1 unspecified atom stereocenters. The Labute approximate surface area is 149 Å². The van der Waals surface area contributed by atoms with Crippen molar-refractivity contribution in [3.05, 3.63) is 71.3 Å². The third-order valence-electron chi connectivity index (χ3n) is 3.78. The van der Waals surface area contributed by atoms with Crippen LogP contribution < -0.4 is 10.6 Å². The van der Waals surface area contributed by atoms with Gasteiger partial charge in [-0.3, -0.25) is 4.79 Å². The SMILES string of the molecule is CNC(=O)c1ccc(CCCNCC(O)c2ccccc2)cc1.Cl. The van der Waals surface area contributed by atoms with Crippen LogP contribution in [0, 0.1) is 0 Å². The molecular weight excluding hydrogens is 324 g/mol. The Morgan fingerprint density at radius 2 is 1.75 bits per heavy atom. The summed E-state index contributed by atoms with van der Waals surface area (Å²) in [6, 6.07) is 17.3. The monoisotopic (exact) mass is 348 g/mol. The van der Waals surface area contributed by atoms with E-state index in [0.717, 1.165) is 24.9 Å². The van der Waals surface area contributed by atoms with Crippen LogP contribution in [0.3, 0.4) is 0 Å². The summed E-state index contributed by atoms with van der Waals surface area (Å²) in [5, 5.41) is 15.9. The first-order chi connectivity index (χ1) is 11.2. The zero-order valence-corrected chi connectivity index (χ0v) is 14.7. The summed E-state index contributed by atoms with van der Waals surface area (Å²) < 4.78 is 0. The largest absolute Gasteiger partial charge is 0.387 e. The van der Waals surface area contributed by atoms with E-state index in [9.17, 15) is 9.90 Å². The molecule has 0 aliphatic rings. The number of carbonyl (C=O) groups excluding carboxylic acids is 1. The molecule has 0 aliphatic carbocycles. The fourth-order valence-corrected chi connectivity index (χ4v) is 2.42. The fourth-order valence-electron chi connectivity index (χ4n) is 2.42. The molecule has 0 saturated heterocycles. The molecule has 2 aromatic carbocycles. The number of amides is 1. The van der Waals surface area contributed by atoms with E-state index in [0.29, 0.717) is 12.1 Å². The van der Waals surface area contributed by atoms with Crippen LogP contribution in [0.1, 0.15) is 34.0 Å². The van der Waals surface area contributed by atoms with Crippen molar-refractivity contribution in [2.24, 2.45) is 0 Å². The van der Waals surface area contributed by atoms with Crippen molar-refractivity contribution in [3.8, 4) is 0 Å². The maximum atomic E-state index is 11.5. The first-order valence-corrected chi connectivity index (χ1v) is 7.95. The molecular formula is C19H25ClN2O2. The normalized spacial score (nSPS) is 11.4. The number of halogens is 1. The van der Waals surface area contributed by atoms with Crippen LogP contribution in [-0.4, -0.2) is 31.2 Å². The number of carbonyl (C=O) groups is 1. The molecule has 1 atom stereocenters. The highest BCUT2D eigenvalue weighted by molar-refractivity contribution is 5.93. The number of nitrogens with one attached hydrogen (secondary N) is 2. The predicted octanol–water partition coefficient (Wildman–Crippen LogP) is 2.72. The molecule has 0 fully saturated rings. The van der Waals surface area contributed by atoms with Gasteiger partial charge in [-0.15, -0.1) is 12.4 Å². The molecule has 130 valence electrons. The summed E-state index contributed by atoms with van der Waals surface area (Å²) >= 11 is 0. The Kier molecular flexibility index (Phi) is 9.08. The van der Waals surface area contributed by atoms with E-state index in [4.69, 9.17) is 0 Å². The van der Waals surface area contributed by atoms with E-state index < -0.39 is 6.10 Å². The second-order valence-corrected chi connectivity index (χ2v) is 5.51. The molecule has 2 rings (SSSR count). The van der Waals surface area contributed by atoms with Gasteiger partial charge in [0.1, 0.15) is 0 Å². The highest BCUT2D eigenvalue weighted by Crippen LogP contribution is 2.10. The summed E-state index contributed by atoms with van der Waals surface area (Å²) in [7, 11) is 1.63. The maximum absolute atomic E-state index is 11.5. The minimum absolute atomic E-state index is 0. The zero-order valence-electron chi connectivity index (χ0n) is 13.9. The highest BCUT2D eigenvalue weighted by Gasteiger charge is 2.05. The van der Waals surface area contributed by atoms with E-state index >= 15 is 0 Å². The highest BCUT2D eigenvalue weighted by atomic mass is 35.5. The molecule has 0 aliphatic heterocycles. The van der Waals surface area contributed by atoms with Crippen LogP contribution in [0.4, 0.5) is 0 Å². The van der Waals surface area contributed by atoms with Gasteiger partial charge >= 0.3 is 0 Å². The molecule has 0 aromatic heterocycles. The number of hydrogen-bond donors (Lipinski definition) is 3. The van der Waals surface area contributed by atoms with E-state index in [1.165, 1.54) is 5.56 Å². The minimum Gasteiger partial charge on any atom is -0.387 e. The van der Waals surface area contributed by atoms with Gasteiger partial charge < -0.3 is 15.7 Å². The standard InChI is InChI=1S/C19H24N2O2.ClH/c1-20-19(23)17-11-9-15(10-12-17)6-5-13-21-14-18(22)16-7-3-2-4-8-16;/h2-4,7-12,18,21-22H,5-6,13-14H2,1H3,(H,20,23);1H. The van der Waals surface area contributed by atoms with Crippen LogP contribution in [0.5, 0.6) is 0 Å². The molecule has 1 amide bonds. The predicted molar refractivity (Wildman–Crippen MR) is 99.7 cm³/mol. The molecule has 0 spiro atoms. The van der Waals surface area contributed by atoms with Crippen molar-refractivity contribution in [2.45, 2.75) is 18.9 Å². The number of aliphatic hydroxyl groups is 1. The van der Waals surface area contributed by atoms with E-state index in [1.807, 2.05) is 54.6 Å². The smallest absolute Gasteiger partial charge is 0.251 e. The number of benzene rings is 2. The number of aryl methyl sites for hydroxylation is 1. The Bertz CT molecular complexity index is 603. The topological polar surface area (TPSA) is 61.4 Å². The van der Waals surface area contributed by atoms with Crippen molar-refractivity contribution in [2.75, 3.05) is 20.1 Å². The lowest BCUT2D eigenvalue weighted by Crippen LogP contribution is -2.22. The molecule has 0 heterocycles. The number of hydrogen-bond acceptors (Lipinski definition) is 3. The van der Waals surface area contributed by atoms with Crippen LogP contribution in [0.25, 0.3) is 0 Å². The van der Waals surface area contributed by atoms with Crippen molar-refractivity contribution >= 4 is 18.3 Å². The molecule has 3 N–H and O–H groups in total. The molecule has 5 heteroatoms. The fraction of sp³-hybridized carbons (Fsp3) is 0.316. The average Bonchev–Trinajstić information content (AvgIpc) is 2.62. The van der Waals surface area contributed by atoms with Gasteiger partial charge in [0.15, 0.2) is 0 Å². The first kappa shape index (κ1) is 20.2. The summed E-state index contributed by atoms with van der Waals surface area (Å²) in [6.07, 6.45) is 1.46. The summed E-state index contributed by atoms with van der Waals surface area (Å²) in [5.41, 5.74) is 2.83. The third kappa shape index (κ3) is 6.32. The second-order valence-electron chi connectivity index (χ2n) is 5.51. The first-order valence-electron chi connectivity index (χ1n) is 7.95. The Balaban J connectivity index is 0.00000288. The lowest BCUT2D eigenvalue weighted by Gasteiger charge is -2.12. The van der Waals surface area contributed by atoms with Gasteiger partial charge in [-0.2, -0.15) is 0 Å². The van der Waals surface area contributed by atoms with Crippen LogP contribution >= 0.6 is 12.4 Å². The van der Waals surface area contributed by atoms with Crippen LogP contribution in [0.15, 0.2) is 54.6 Å². The molecule has 2 aromatic rings. The second kappa shape index (κ2) is 10.8. The van der Waals surface area contributed by atoms with Gasteiger partial charge in [0, 0.05) is 19.2 Å².